The van der Waals surface area contributed by atoms with Crippen molar-refractivity contribution in [3.05, 3.63) is 29.3 Å². The Balaban J connectivity index is 0.00000176. The van der Waals surface area contributed by atoms with Gasteiger partial charge in [-0.25, -0.2) is 0 Å². The number of halogens is 1. The van der Waals surface area contributed by atoms with E-state index in [0.717, 1.165) is 31.5 Å². The monoisotopic (exact) mass is 323 g/mol. The van der Waals surface area contributed by atoms with Crippen LogP contribution in [0.4, 0.5) is 5.69 Å². The fourth-order valence-electron chi connectivity index (χ4n) is 3.23. The van der Waals surface area contributed by atoms with Crippen molar-refractivity contribution in [1.82, 2.24) is 4.90 Å². The van der Waals surface area contributed by atoms with E-state index in [1.165, 1.54) is 5.56 Å². The first kappa shape index (κ1) is 16.6. The Kier molecular flexibility index (Phi) is 4.96. The normalized spacial score (nSPS) is 23.2. The second-order valence-corrected chi connectivity index (χ2v) is 6.03. The molecule has 3 N–H and O–H groups in total. The van der Waals surface area contributed by atoms with Gasteiger partial charge >= 0.3 is 0 Å². The van der Waals surface area contributed by atoms with Gasteiger partial charge in [-0.3, -0.25) is 9.59 Å². The lowest BCUT2D eigenvalue weighted by Crippen LogP contribution is -2.48. The first-order valence-electron chi connectivity index (χ1n) is 7.53. The zero-order valence-electron chi connectivity index (χ0n) is 12.7. The van der Waals surface area contributed by atoms with Gasteiger partial charge in [-0.2, -0.15) is 0 Å². The molecule has 6 heteroatoms. The van der Waals surface area contributed by atoms with Gasteiger partial charge in [0, 0.05) is 30.4 Å². The molecule has 0 aromatic heterocycles. The average molecular weight is 324 g/mol. The molecule has 0 radical (unpaired) electrons. The summed E-state index contributed by atoms with van der Waals surface area (Å²) in [7, 11) is 0. The molecule has 0 aliphatic carbocycles. The number of fused-ring (bicyclic) bond motifs is 1. The number of anilines is 1. The molecule has 3 rings (SSSR count). The van der Waals surface area contributed by atoms with Crippen LogP contribution in [0, 0.1) is 5.92 Å². The maximum atomic E-state index is 12.7. The lowest BCUT2D eigenvalue weighted by atomic mass is 9.92. The Labute approximate surface area is 136 Å². The van der Waals surface area contributed by atoms with Crippen LogP contribution in [0.5, 0.6) is 0 Å². The highest BCUT2D eigenvalue weighted by molar-refractivity contribution is 5.95. The summed E-state index contributed by atoms with van der Waals surface area (Å²) < 4.78 is 0. The number of nitrogens with one attached hydrogen (secondary N) is 1. The molecular weight excluding hydrogens is 302 g/mol. The van der Waals surface area contributed by atoms with Crippen LogP contribution in [-0.2, 0) is 11.2 Å². The van der Waals surface area contributed by atoms with Crippen LogP contribution in [-0.4, -0.2) is 35.8 Å². The van der Waals surface area contributed by atoms with E-state index in [1.54, 1.807) is 4.90 Å². The molecule has 2 amide bonds. The van der Waals surface area contributed by atoms with Crippen molar-refractivity contribution in [2.24, 2.45) is 11.7 Å². The Hall–Kier alpha value is -1.75. The number of amides is 2. The summed E-state index contributed by atoms with van der Waals surface area (Å²) in [4.78, 5) is 25.9. The second-order valence-electron chi connectivity index (χ2n) is 6.03. The van der Waals surface area contributed by atoms with Crippen molar-refractivity contribution in [2.45, 2.75) is 32.2 Å². The predicted molar refractivity (Wildman–Crippen MR) is 88.3 cm³/mol. The van der Waals surface area contributed by atoms with E-state index in [4.69, 9.17) is 5.73 Å². The first-order chi connectivity index (χ1) is 10.1. The largest absolute Gasteiger partial charge is 0.384 e. The molecule has 22 heavy (non-hydrogen) atoms. The maximum Gasteiger partial charge on any atom is 0.254 e. The van der Waals surface area contributed by atoms with Gasteiger partial charge in [0.1, 0.15) is 0 Å². The van der Waals surface area contributed by atoms with Crippen molar-refractivity contribution in [2.75, 3.05) is 18.4 Å². The van der Waals surface area contributed by atoms with Gasteiger partial charge < -0.3 is 16.0 Å². The number of hydrogen-bond acceptors (Lipinski definition) is 3. The summed E-state index contributed by atoms with van der Waals surface area (Å²) in [5, 5.41) is 3.29. The quantitative estimate of drug-likeness (QED) is 0.871. The molecule has 0 bridgehead atoms. The second kappa shape index (κ2) is 6.57. The summed E-state index contributed by atoms with van der Waals surface area (Å²) in [6.07, 6.45) is 2.55. The van der Waals surface area contributed by atoms with Gasteiger partial charge in [0.05, 0.1) is 5.92 Å². The zero-order chi connectivity index (χ0) is 15.0. The predicted octanol–water partition coefficient (Wildman–Crippen LogP) is 1.80. The fraction of sp³-hybridized carbons (Fsp3) is 0.500. The Bertz CT molecular complexity index is 591. The minimum Gasteiger partial charge on any atom is -0.384 e. The van der Waals surface area contributed by atoms with E-state index in [0.29, 0.717) is 12.1 Å². The van der Waals surface area contributed by atoms with E-state index >= 15 is 0 Å². The highest BCUT2D eigenvalue weighted by Gasteiger charge is 2.32. The number of rotatable bonds is 2. The van der Waals surface area contributed by atoms with Crippen LogP contribution in [0.25, 0.3) is 0 Å². The third-order valence-corrected chi connectivity index (χ3v) is 4.61. The zero-order valence-corrected chi connectivity index (χ0v) is 13.5. The molecule has 5 nitrogen and oxygen atoms in total. The Morgan fingerprint density at radius 1 is 1.32 bits per heavy atom. The molecule has 2 unspecified atom stereocenters. The molecule has 2 aliphatic heterocycles. The Morgan fingerprint density at radius 3 is 2.82 bits per heavy atom. The summed E-state index contributed by atoms with van der Waals surface area (Å²) in [5.41, 5.74) is 8.42. The van der Waals surface area contributed by atoms with E-state index in [2.05, 4.69) is 5.32 Å². The molecule has 120 valence electrons. The molecule has 1 saturated heterocycles. The van der Waals surface area contributed by atoms with E-state index in [9.17, 15) is 9.59 Å². The average Bonchev–Trinajstić information content (AvgIpc) is 2.94. The van der Waals surface area contributed by atoms with E-state index < -0.39 is 0 Å². The van der Waals surface area contributed by atoms with Crippen LogP contribution < -0.4 is 11.1 Å². The summed E-state index contributed by atoms with van der Waals surface area (Å²) >= 11 is 0. The van der Waals surface area contributed by atoms with Crippen molar-refractivity contribution in [3.8, 4) is 0 Å². The number of hydrogen-bond donors (Lipinski definition) is 2. The first-order valence-corrected chi connectivity index (χ1v) is 7.53. The molecule has 1 fully saturated rings. The highest BCUT2D eigenvalue weighted by Crippen LogP contribution is 2.27. The number of primary amides is 1. The smallest absolute Gasteiger partial charge is 0.254 e. The summed E-state index contributed by atoms with van der Waals surface area (Å²) in [5.74, 6) is -0.526. The SMILES string of the molecule is CC1CCC(C(N)=O)CN1C(=O)c1ccc2c(c1)CCN2.Cl. The molecule has 2 aliphatic rings. The van der Waals surface area contributed by atoms with Crippen LogP contribution in [0.1, 0.15) is 35.7 Å². The minimum atomic E-state index is -0.308. The fourth-order valence-corrected chi connectivity index (χ4v) is 3.23. The number of piperidine rings is 1. The van der Waals surface area contributed by atoms with Crippen molar-refractivity contribution < 1.29 is 9.59 Å². The molecule has 2 atom stereocenters. The van der Waals surface area contributed by atoms with Crippen LogP contribution in [0.3, 0.4) is 0 Å². The van der Waals surface area contributed by atoms with Gasteiger partial charge in [0.15, 0.2) is 0 Å². The summed E-state index contributed by atoms with van der Waals surface area (Å²) in [6, 6.07) is 5.95. The van der Waals surface area contributed by atoms with Crippen LogP contribution in [0.2, 0.25) is 0 Å². The summed E-state index contributed by atoms with van der Waals surface area (Å²) in [6.45, 7) is 3.39. The van der Waals surface area contributed by atoms with Crippen molar-refractivity contribution >= 4 is 29.9 Å². The third-order valence-electron chi connectivity index (χ3n) is 4.61. The minimum absolute atomic E-state index is 0. The number of likely N-dealkylation sites (tertiary alicyclic amines) is 1. The topological polar surface area (TPSA) is 75.4 Å². The standard InChI is InChI=1S/C16H21N3O2.ClH/c1-10-2-3-13(15(17)20)9-19(10)16(21)12-4-5-14-11(8-12)6-7-18-14;/h4-5,8,10,13,18H,2-3,6-7,9H2,1H3,(H2,17,20);1H. The van der Waals surface area contributed by atoms with Gasteiger partial charge in [0.2, 0.25) is 5.91 Å². The maximum absolute atomic E-state index is 12.7. The van der Waals surface area contributed by atoms with Gasteiger partial charge in [-0.1, -0.05) is 0 Å². The van der Waals surface area contributed by atoms with E-state index in [1.807, 2.05) is 25.1 Å². The molecule has 1 aromatic rings. The van der Waals surface area contributed by atoms with Crippen LogP contribution >= 0.6 is 12.4 Å². The lowest BCUT2D eigenvalue weighted by Gasteiger charge is -2.37. The number of carbonyl (C=O) groups is 2. The number of carbonyl (C=O) groups excluding carboxylic acids is 2. The highest BCUT2D eigenvalue weighted by atomic mass is 35.5. The van der Waals surface area contributed by atoms with Crippen molar-refractivity contribution in [3.63, 3.8) is 0 Å². The van der Waals surface area contributed by atoms with Crippen molar-refractivity contribution in [1.29, 1.82) is 0 Å². The third kappa shape index (κ3) is 3.04. The Morgan fingerprint density at radius 2 is 2.09 bits per heavy atom. The molecular formula is C16H22ClN3O2. The van der Waals surface area contributed by atoms with Gasteiger partial charge in [-0.15, -0.1) is 12.4 Å². The van der Waals surface area contributed by atoms with Gasteiger partial charge in [0.25, 0.3) is 5.91 Å². The molecule has 1 aromatic carbocycles. The van der Waals surface area contributed by atoms with Crippen LogP contribution in [0.15, 0.2) is 18.2 Å². The molecule has 0 saturated carbocycles. The van der Waals surface area contributed by atoms with E-state index in [-0.39, 0.29) is 36.2 Å². The number of nitrogens with two attached hydrogens (primary N) is 1. The number of nitrogens with zero attached hydrogens (tertiary/aromatic N) is 1. The molecule has 2 heterocycles. The molecule has 0 spiro atoms. The van der Waals surface area contributed by atoms with Gasteiger partial charge in [-0.05, 0) is 49.9 Å². The number of benzene rings is 1. The lowest BCUT2D eigenvalue weighted by molar-refractivity contribution is -0.123.